The molecule has 0 aromatic heterocycles. The van der Waals surface area contributed by atoms with Crippen LogP contribution in [0.5, 0.6) is 0 Å². The summed E-state index contributed by atoms with van der Waals surface area (Å²) in [6, 6.07) is 9.15. The van der Waals surface area contributed by atoms with Gasteiger partial charge in [0.25, 0.3) is 0 Å². The highest BCUT2D eigenvalue weighted by molar-refractivity contribution is 6.04. The molecule has 1 rings (SSSR count). The SMILES string of the molecule is CCO/C(C)=C\C(=O)c1ccccc1. The number of hydrogen-bond acceptors (Lipinski definition) is 2. The molecule has 1 aromatic rings. The van der Waals surface area contributed by atoms with Gasteiger partial charge in [-0.2, -0.15) is 0 Å². The van der Waals surface area contributed by atoms with E-state index < -0.39 is 0 Å². The van der Waals surface area contributed by atoms with Crippen molar-refractivity contribution >= 4 is 5.78 Å². The Bertz CT molecular complexity index is 325. The number of benzene rings is 1. The van der Waals surface area contributed by atoms with Crippen LogP contribution < -0.4 is 0 Å². The standard InChI is InChI=1S/C12H14O2/c1-3-14-10(2)9-12(13)11-7-5-4-6-8-11/h4-9H,3H2,1-2H3/b10-9-. The number of ether oxygens (including phenoxy) is 1. The topological polar surface area (TPSA) is 26.3 Å². The maximum atomic E-state index is 11.6. The first-order chi connectivity index (χ1) is 6.74. The van der Waals surface area contributed by atoms with Gasteiger partial charge < -0.3 is 4.74 Å². The molecule has 2 heteroatoms. The van der Waals surface area contributed by atoms with Gasteiger partial charge in [-0.1, -0.05) is 30.3 Å². The molecule has 74 valence electrons. The van der Waals surface area contributed by atoms with E-state index >= 15 is 0 Å². The smallest absolute Gasteiger partial charge is 0.189 e. The molecule has 0 fully saturated rings. The summed E-state index contributed by atoms with van der Waals surface area (Å²) in [5.74, 6) is 0.637. The van der Waals surface area contributed by atoms with Crippen molar-refractivity contribution < 1.29 is 9.53 Å². The molecule has 0 aliphatic rings. The van der Waals surface area contributed by atoms with Crippen LogP contribution in [0.3, 0.4) is 0 Å². The summed E-state index contributed by atoms with van der Waals surface area (Å²) < 4.78 is 5.17. The lowest BCUT2D eigenvalue weighted by Crippen LogP contribution is -1.97. The van der Waals surface area contributed by atoms with Gasteiger partial charge in [0, 0.05) is 11.6 Å². The van der Waals surface area contributed by atoms with E-state index in [1.54, 1.807) is 19.1 Å². The summed E-state index contributed by atoms with van der Waals surface area (Å²) in [5, 5.41) is 0. The van der Waals surface area contributed by atoms with E-state index in [1.807, 2.05) is 25.1 Å². The largest absolute Gasteiger partial charge is 0.498 e. The van der Waals surface area contributed by atoms with Crippen LogP contribution in [0.25, 0.3) is 0 Å². The van der Waals surface area contributed by atoms with E-state index in [-0.39, 0.29) is 5.78 Å². The molecule has 0 saturated heterocycles. The van der Waals surface area contributed by atoms with Crippen LogP contribution >= 0.6 is 0 Å². The summed E-state index contributed by atoms with van der Waals surface area (Å²) in [7, 11) is 0. The minimum Gasteiger partial charge on any atom is -0.498 e. The lowest BCUT2D eigenvalue weighted by atomic mass is 10.1. The van der Waals surface area contributed by atoms with Crippen molar-refractivity contribution in [2.75, 3.05) is 6.61 Å². The first-order valence-corrected chi connectivity index (χ1v) is 4.64. The predicted octanol–water partition coefficient (Wildman–Crippen LogP) is 2.81. The van der Waals surface area contributed by atoms with E-state index in [0.29, 0.717) is 17.9 Å². The summed E-state index contributed by atoms with van der Waals surface area (Å²) in [4.78, 5) is 11.6. The number of hydrogen-bond donors (Lipinski definition) is 0. The Morgan fingerprint density at radius 3 is 2.57 bits per heavy atom. The molecular weight excluding hydrogens is 176 g/mol. The Kier molecular flexibility index (Phi) is 3.92. The van der Waals surface area contributed by atoms with E-state index in [2.05, 4.69) is 0 Å². The second kappa shape index (κ2) is 5.22. The Labute approximate surface area is 84.2 Å². The van der Waals surface area contributed by atoms with Gasteiger partial charge in [0.1, 0.15) is 0 Å². The Morgan fingerprint density at radius 1 is 1.36 bits per heavy atom. The first-order valence-electron chi connectivity index (χ1n) is 4.64. The molecule has 0 atom stereocenters. The number of rotatable bonds is 4. The molecule has 0 radical (unpaired) electrons. The van der Waals surface area contributed by atoms with E-state index in [4.69, 9.17) is 4.74 Å². The summed E-state index contributed by atoms with van der Waals surface area (Å²) in [6.45, 7) is 4.26. The highest BCUT2D eigenvalue weighted by atomic mass is 16.5. The van der Waals surface area contributed by atoms with Gasteiger partial charge >= 0.3 is 0 Å². The van der Waals surface area contributed by atoms with E-state index in [0.717, 1.165) is 0 Å². The first kappa shape index (κ1) is 10.5. The normalized spacial score (nSPS) is 11.1. The monoisotopic (exact) mass is 190 g/mol. The van der Waals surface area contributed by atoms with Crippen molar-refractivity contribution in [1.29, 1.82) is 0 Å². The quantitative estimate of drug-likeness (QED) is 0.414. The lowest BCUT2D eigenvalue weighted by molar-refractivity contribution is 0.103. The maximum absolute atomic E-state index is 11.6. The highest BCUT2D eigenvalue weighted by Crippen LogP contribution is 2.04. The fourth-order valence-corrected chi connectivity index (χ4v) is 1.14. The van der Waals surface area contributed by atoms with E-state index in [9.17, 15) is 4.79 Å². The number of ketones is 1. The zero-order chi connectivity index (χ0) is 10.4. The Morgan fingerprint density at radius 2 is 2.00 bits per heavy atom. The second-order valence-corrected chi connectivity index (χ2v) is 2.92. The third-order valence-corrected chi connectivity index (χ3v) is 1.76. The minimum atomic E-state index is -0.0171. The van der Waals surface area contributed by atoms with Gasteiger partial charge in [0.15, 0.2) is 5.78 Å². The average molecular weight is 190 g/mol. The van der Waals surface area contributed by atoms with Crippen LogP contribution in [-0.4, -0.2) is 12.4 Å². The molecule has 0 bridgehead atoms. The Hall–Kier alpha value is -1.57. The molecule has 14 heavy (non-hydrogen) atoms. The molecule has 0 saturated carbocycles. The third kappa shape index (κ3) is 3.05. The molecule has 0 unspecified atom stereocenters. The minimum absolute atomic E-state index is 0.0171. The maximum Gasteiger partial charge on any atom is 0.189 e. The van der Waals surface area contributed by atoms with Crippen molar-refractivity contribution in [3.05, 3.63) is 47.7 Å². The predicted molar refractivity (Wildman–Crippen MR) is 56.2 cm³/mol. The van der Waals surface area contributed by atoms with Crippen LogP contribution in [0.1, 0.15) is 24.2 Å². The van der Waals surface area contributed by atoms with Crippen LogP contribution in [0.2, 0.25) is 0 Å². The Balaban J connectivity index is 2.72. The van der Waals surface area contributed by atoms with Crippen molar-refractivity contribution in [3.63, 3.8) is 0 Å². The highest BCUT2D eigenvalue weighted by Gasteiger charge is 2.01. The van der Waals surface area contributed by atoms with Crippen LogP contribution in [0, 0.1) is 0 Å². The average Bonchev–Trinajstić information content (AvgIpc) is 2.19. The van der Waals surface area contributed by atoms with Gasteiger partial charge in [-0.3, -0.25) is 4.79 Å². The number of carbonyl (C=O) groups excluding carboxylic acids is 1. The fraction of sp³-hybridized carbons (Fsp3) is 0.250. The fourth-order valence-electron chi connectivity index (χ4n) is 1.14. The molecule has 2 nitrogen and oxygen atoms in total. The van der Waals surface area contributed by atoms with Gasteiger partial charge in [-0.25, -0.2) is 0 Å². The molecular formula is C12H14O2. The second-order valence-electron chi connectivity index (χ2n) is 2.92. The summed E-state index contributed by atoms with van der Waals surface area (Å²) >= 11 is 0. The van der Waals surface area contributed by atoms with E-state index in [1.165, 1.54) is 6.08 Å². The molecule has 0 aliphatic carbocycles. The van der Waals surface area contributed by atoms with Gasteiger partial charge in [0.05, 0.1) is 12.4 Å². The van der Waals surface area contributed by atoms with Crippen molar-refractivity contribution in [2.45, 2.75) is 13.8 Å². The van der Waals surface area contributed by atoms with Crippen molar-refractivity contribution in [1.82, 2.24) is 0 Å². The molecule has 1 aromatic carbocycles. The van der Waals surface area contributed by atoms with Gasteiger partial charge in [-0.05, 0) is 13.8 Å². The van der Waals surface area contributed by atoms with Crippen molar-refractivity contribution in [3.8, 4) is 0 Å². The van der Waals surface area contributed by atoms with Gasteiger partial charge in [-0.15, -0.1) is 0 Å². The number of carbonyl (C=O) groups is 1. The van der Waals surface area contributed by atoms with Crippen LogP contribution in [0.4, 0.5) is 0 Å². The lowest BCUT2D eigenvalue weighted by Gasteiger charge is -2.01. The third-order valence-electron chi connectivity index (χ3n) is 1.76. The van der Waals surface area contributed by atoms with Crippen LogP contribution in [0.15, 0.2) is 42.2 Å². The van der Waals surface area contributed by atoms with Crippen LogP contribution in [-0.2, 0) is 4.74 Å². The van der Waals surface area contributed by atoms with Crippen molar-refractivity contribution in [2.24, 2.45) is 0 Å². The molecule has 0 N–H and O–H groups in total. The summed E-state index contributed by atoms with van der Waals surface area (Å²) in [6.07, 6.45) is 1.51. The summed E-state index contributed by atoms with van der Waals surface area (Å²) in [5.41, 5.74) is 0.687. The molecule has 0 spiro atoms. The molecule has 0 aliphatic heterocycles. The van der Waals surface area contributed by atoms with Gasteiger partial charge in [0.2, 0.25) is 0 Å². The molecule has 0 heterocycles. The molecule has 0 amide bonds. The number of allylic oxidation sites excluding steroid dienone is 2. The zero-order valence-electron chi connectivity index (χ0n) is 8.49. The zero-order valence-corrected chi connectivity index (χ0v) is 8.49.